The minimum atomic E-state index is -0.276. The van der Waals surface area contributed by atoms with Gasteiger partial charge in [0.05, 0.1) is 11.6 Å². The molecule has 0 aromatic rings. The molecule has 3 rings (SSSR count). The van der Waals surface area contributed by atoms with Crippen molar-refractivity contribution in [1.82, 2.24) is 20.0 Å². The molecule has 0 radical (unpaired) electrons. The fourth-order valence-electron chi connectivity index (χ4n) is 4.34. The van der Waals surface area contributed by atoms with Gasteiger partial charge in [0.15, 0.2) is 0 Å². The molecule has 2 atom stereocenters. The highest BCUT2D eigenvalue weighted by Crippen LogP contribution is 2.38. The van der Waals surface area contributed by atoms with Gasteiger partial charge in [-0.15, -0.1) is 0 Å². The van der Waals surface area contributed by atoms with Gasteiger partial charge in [-0.05, 0) is 13.5 Å². The lowest BCUT2D eigenvalue weighted by molar-refractivity contribution is -0.148. The lowest BCUT2D eigenvalue weighted by Gasteiger charge is -2.60. The standard InChI is InChI=1S/C15H26N4O3/c1-11(20)16-4-3-14(22)18-6-12-5-13(21)7-19(12)15(10-18)8-17(2)9-15/h12-13,21H,3-10H2,1-2H3,(H,16,20)/t12-,13-/m1/s1. The van der Waals surface area contributed by atoms with Gasteiger partial charge in [0.25, 0.3) is 0 Å². The highest BCUT2D eigenvalue weighted by atomic mass is 16.3. The number of aliphatic hydroxyl groups is 1. The van der Waals surface area contributed by atoms with Crippen molar-refractivity contribution in [3.05, 3.63) is 0 Å². The van der Waals surface area contributed by atoms with Crippen molar-refractivity contribution in [3.63, 3.8) is 0 Å². The molecule has 0 bridgehead atoms. The number of hydrogen-bond acceptors (Lipinski definition) is 5. The number of carbonyl (C=O) groups excluding carboxylic acids is 2. The Labute approximate surface area is 131 Å². The summed E-state index contributed by atoms with van der Waals surface area (Å²) in [6, 6.07) is 0.266. The SMILES string of the molecule is CC(=O)NCCC(=O)N1C[C@H]2C[C@@H](O)CN2C2(CN(C)C2)C1. The minimum Gasteiger partial charge on any atom is -0.392 e. The number of hydrogen-bond donors (Lipinski definition) is 2. The molecule has 0 aromatic heterocycles. The Morgan fingerprint density at radius 2 is 2.00 bits per heavy atom. The molecule has 7 nitrogen and oxygen atoms in total. The minimum absolute atomic E-state index is 0.0127. The van der Waals surface area contributed by atoms with Gasteiger partial charge in [0, 0.05) is 58.7 Å². The van der Waals surface area contributed by atoms with Crippen molar-refractivity contribution in [2.45, 2.75) is 37.5 Å². The molecule has 3 aliphatic rings. The van der Waals surface area contributed by atoms with Gasteiger partial charge in [0.1, 0.15) is 0 Å². The smallest absolute Gasteiger partial charge is 0.224 e. The predicted octanol–water partition coefficient (Wildman–Crippen LogP) is -1.53. The summed E-state index contributed by atoms with van der Waals surface area (Å²) < 4.78 is 0. The summed E-state index contributed by atoms with van der Waals surface area (Å²) in [6.45, 7) is 5.92. The molecule has 2 N–H and O–H groups in total. The maximum atomic E-state index is 12.4. The first-order valence-corrected chi connectivity index (χ1v) is 8.05. The molecule has 0 saturated carbocycles. The molecular formula is C15H26N4O3. The average Bonchev–Trinajstić information content (AvgIpc) is 2.77. The number of nitrogens with one attached hydrogen (secondary N) is 1. The molecule has 3 saturated heterocycles. The second-order valence-corrected chi connectivity index (χ2v) is 7.10. The zero-order valence-electron chi connectivity index (χ0n) is 13.4. The molecule has 7 heteroatoms. The normalized spacial score (nSPS) is 31.0. The fraction of sp³-hybridized carbons (Fsp3) is 0.867. The van der Waals surface area contributed by atoms with Gasteiger partial charge < -0.3 is 20.2 Å². The molecule has 22 heavy (non-hydrogen) atoms. The van der Waals surface area contributed by atoms with E-state index in [9.17, 15) is 14.7 Å². The van der Waals surface area contributed by atoms with Crippen LogP contribution in [0.5, 0.6) is 0 Å². The maximum absolute atomic E-state index is 12.4. The number of piperazine rings is 1. The first-order chi connectivity index (χ1) is 10.4. The third-order valence-electron chi connectivity index (χ3n) is 5.11. The molecule has 3 aliphatic heterocycles. The van der Waals surface area contributed by atoms with Crippen LogP contribution >= 0.6 is 0 Å². The Morgan fingerprint density at radius 3 is 2.64 bits per heavy atom. The zero-order valence-corrected chi connectivity index (χ0v) is 13.4. The number of fused-ring (bicyclic) bond motifs is 2. The topological polar surface area (TPSA) is 76.1 Å². The lowest BCUT2D eigenvalue weighted by Crippen LogP contribution is -2.77. The molecule has 1 spiro atoms. The number of carbonyl (C=O) groups is 2. The monoisotopic (exact) mass is 310 g/mol. The summed E-state index contributed by atoms with van der Waals surface area (Å²) in [6.07, 6.45) is 0.823. The van der Waals surface area contributed by atoms with E-state index in [0.29, 0.717) is 19.5 Å². The van der Waals surface area contributed by atoms with Crippen LogP contribution in [-0.4, -0.2) is 95.6 Å². The molecule has 2 amide bonds. The third kappa shape index (κ3) is 2.85. The summed E-state index contributed by atoms with van der Waals surface area (Å²) in [5.74, 6) is -0.00246. The van der Waals surface area contributed by atoms with Crippen molar-refractivity contribution in [3.8, 4) is 0 Å². The van der Waals surface area contributed by atoms with Crippen LogP contribution in [-0.2, 0) is 9.59 Å². The van der Waals surface area contributed by atoms with Crippen LogP contribution in [0.3, 0.4) is 0 Å². The van der Waals surface area contributed by atoms with Gasteiger partial charge in [-0.25, -0.2) is 0 Å². The molecule has 0 unspecified atom stereocenters. The van der Waals surface area contributed by atoms with Crippen LogP contribution in [0.4, 0.5) is 0 Å². The lowest BCUT2D eigenvalue weighted by atomic mass is 9.84. The van der Waals surface area contributed by atoms with Gasteiger partial charge in [-0.1, -0.05) is 0 Å². The van der Waals surface area contributed by atoms with Crippen molar-refractivity contribution in [1.29, 1.82) is 0 Å². The van der Waals surface area contributed by atoms with Crippen molar-refractivity contribution >= 4 is 11.8 Å². The van der Waals surface area contributed by atoms with E-state index in [0.717, 1.165) is 32.6 Å². The number of rotatable bonds is 3. The largest absolute Gasteiger partial charge is 0.392 e. The second-order valence-electron chi connectivity index (χ2n) is 7.10. The second kappa shape index (κ2) is 5.79. The van der Waals surface area contributed by atoms with Crippen LogP contribution in [0.25, 0.3) is 0 Å². The number of likely N-dealkylation sites (tertiary alicyclic amines) is 1. The molecule has 3 heterocycles. The van der Waals surface area contributed by atoms with E-state index in [1.54, 1.807) is 0 Å². The Balaban J connectivity index is 1.64. The molecule has 124 valence electrons. The van der Waals surface area contributed by atoms with E-state index in [4.69, 9.17) is 0 Å². The van der Waals surface area contributed by atoms with Gasteiger partial charge in [-0.2, -0.15) is 0 Å². The number of likely N-dealkylation sites (N-methyl/N-ethyl adjacent to an activating group) is 1. The zero-order chi connectivity index (χ0) is 15.9. The average molecular weight is 310 g/mol. The number of amides is 2. The van der Waals surface area contributed by atoms with Crippen molar-refractivity contribution in [2.24, 2.45) is 0 Å². The van der Waals surface area contributed by atoms with E-state index in [2.05, 4.69) is 22.2 Å². The predicted molar refractivity (Wildman–Crippen MR) is 81.2 cm³/mol. The van der Waals surface area contributed by atoms with Gasteiger partial charge in [0.2, 0.25) is 11.8 Å². The fourth-order valence-corrected chi connectivity index (χ4v) is 4.34. The Kier molecular flexibility index (Phi) is 4.13. The van der Waals surface area contributed by atoms with Gasteiger partial charge in [-0.3, -0.25) is 14.5 Å². The summed E-state index contributed by atoms with van der Waals surface area (Å²) >= 11 is 0. The van der Waals surface area contributed by atoms with E-state index in [1.165, 1.54) is 6.92 Å². The highest BCUT2D eigenvalue weighted by Gasteiger charge is 2.55. The molecule has 0 aromatic carbocycles. The Morgan fingerprint density at radius 1 is 1.27 bits per heavy atom. The van der Waals surface area contributed by atoms with Crippen LogP contribution in [0.2, 0.25) is 0 Å². The van der Waals surface area contributed by atoms with E-state index < -0.39 is 0 Å². The summed E-state index contributed by atoms with van der Waals surface area (Å²) in [4.78, 5) is 30.0. The third-order valence-corrected chi connectivity index (χ3v) is 5.11. The van der Waals surface area contributed by atoms with Crippen LogP contribution in [0.1, 0.15) is 19.8 Å². The number of β-amino-alcohol motifs (C(OH)–C–C–N with tert-alkyl or cyclic N) is 1. The highest BCUT2D eigenvalue weighted by molar-refractivity contribution is 5.78. The van der Waals surface area contributed by atoms with E-state index >= 15 is 0 Å². The number of nitrogens with zero attached hydrogens (tertiary/aromatic N) is 3. The molecule has 3 fully saturated rings. The molecular weight excluding hydrogens is 284 g/mol. The van der Waals surface area contributed by atoms with Crippen LogP contribution < -0.4 is 5.32 Å². The first kappa shape index (κ1) is 15.7. The summed E-state index contributed by atoms with van der Waals surface area (Å²) in [7, 11) is 2.09. The van der Waals surface area contributed by atoms with Crippen LogP contribution in [0, 0.1) is 0 Å². The van der Waals surface area contributed by atoms with Crippen LogP contribution in [0.15, 0.2) is 0 Å². The Bertz CT molecular complexity index is 464. The summed E-state index contributed by atoms with van der Waals surface area (Å²) in [5, 5.41) is 12.7. The van der Waals surface area contributed by atoms with Gasteiger partial charge >= 0.3 is 0 Å². The van der Waals surface area contributed by atoms with E-state index in [-0.39, 0.29) is 29.5 Å². The van der Waals surface area contributed by atoms with Crippen molar-refractivity contribution < 1.29 is 14.7 Å². The van der Waals surface area contributed by atoms with Crippen molar-refractivity contribution in [2.75, 3.05) is 46.3 Å². The Hall–Kier alpha value is -1.18. The van der Waals surface area contributed by atoms with E-state index in [1.807, 2.05) is 4.90 Å². The number of aliphatic hydroxyl groups excluding tert-OH is 1. The maximum Gasteiger partial charge on any atom is 0.224 e. The molecule has 0 aliphatic carbocycles. The first-order valence-electron chi connectivity index (χ1n) is 8.05. The quantitative estimate of drug-likeness (QED) is 0.662. The summed E-state index contributed by atoms with van der Waals surface area (Å²) in [5.41, 5.74) is 0.0127.